The summed E-state index contributed by atoms with van der Waals surface area (Å²) in [5.74, 6) is 2.43. The van der Waals surface area contributed by atoms with Crippen LogP contribution in [0.2, 0.25) is 0 Å². The summed E-state index contributed by atoms with van der Waals surface area (Å²) < 4.78 is 0. The van der Waals surface area contributed by atoms with Gasteiger partial charge in [-0.1, -0.05) is 127 Å². The average Bonchev–Trinajstić information content (AvgIpc) is 3.80. The molecule has 0 aliphatic heterocycles. The predicted octanol–water partition coefficient (Wildman–Crippen LogP) is 12.2. The summed E-state index contributed by atoms with van der Waals surface area (Å²) in [6.07, 6.45) is 9.47. The number of rotatable bonds is 5. The highest BCUT2D eigenvalue weighted by atomic mass is 15.0. The normalized spacial score (nSPS) is 12.4. The molecular formula is C50H29N5. The Morgan fingerprint density at radius 2 is 1.05 bits per heavy atom. The smallest absolute Gasteiger partial charge is 0.171 e. The van der Waals surface area contributed by atoms with Crippen LogP contribution in [0.15, 0.2) is 182 Å². The Balaban J connectivity index is 1.22. The first-order chi connectivity index (χ1) is 27.3. The molecule has 10 aromatic rings. The van der Waals surface area contributed by atoms with Crippen LogP contribution < -0.4 is 0 Å². The molecule has 0 fully saturated rings. The van der Waals surface area contributed by atoms with Crippen molar-refractivity contribution in [1.29, 1.82) is 0 Å². The highest BCUT2D eigenvalue weighted by molar-refractivity contribution is 6.21. The first kappa shape index (κ1) is 31.0. The monoisotopic (exact) mass is 699 g/mol. The fourth-order valence-electron chi connectivity index (χ4n) is 8.07. The number of aromatic nitrogens is 5. The van der Waals surface area contributed by atoms with Gasteiger partial charge in [0.15, 0.2) is 23.3 Å². The summed E-state index contributed by atoms with van der Waals surface area (Å²) in [6, 6.07) is 51.3. The van der Waals surface area contributed by atoms with Crippen LogP contribution in [0.3, 0.4) is 0 Å². The fraction of sp³-hybridized carbons (Fsp3) is 0. The molecule has 254 valence electrons. The van der Waals surface area contributed by atoms with Crippen molar-refractivity contribution in [3.63, 3.8) is 0 Å². The summed E-state index contributed by atoms with van der Waals surface area (Å²) in [5.41, 5.74) is 9.24. The molecule has 0 radical (unpaired) electrons. The molecule has 5 heteroatoms. The van der Waals surface area contributed by atoms with Crippen molar-refractivity contribution in [1.82, 2.24) is 24.9 Å². The highest BCUT2D eigenvalue weighted by Crippen LogP contribution is 2.44. The molecule has 0 unspecified atom stereocenters. The first-order valence-corrected chi connectivity index (χ1v) is 18.3. The summed E-state index contributed by atoms with van der Waals surface area (Å²) in [7, 11) is 0. The molecule has 0 spiro atoms. The maximum atomic E-state index is 5.38. The van der Waals surface area contributed by atoms with Crippen molar-refractivity contribution in [3.8, 4) is 45.3 Å². The van der Waals surface area contributed by atoms with Gasteiger partial charge in [0.05, 0.1) is 5.57 Å². The zero-order valence-corrected chi connectivity index (χ0v) is 29.5. The van der Waals surface area contributed by atoms with Crippen molar-refractivity contribution in [2.24, 2.45) is 0 Å². The number of benzene rings is 8. The molecule has 55 heavy (non-hydrogen) atoms. The van der Waals surface area contributed by atoms with Gasteiger partial charge in [-0.05, 0) is 101 Å². The van der Waals surface area contributed by atoms with Crippen LogP contribution in [0.5, 0.6) is 0 Å². The highest BCUT2D eigenvalue weighted by Gasteiger charge is 2.23. The third kappa shape index (κ3) is 5.14. The van der Waals surface area contributed by atoms with Gasteiger partial charge in [0, 0.05) is 29.1 Å². The van der Waals surface area contributed by atoms with Crippen LogP contribution in [0, 0.1) is 0 Å². The summed E-state index contributed by atoms with van der Waals surface area (Å²) >= 11 is 0. The Morgan fingerprint density at radius 1 is 0.382 bits per heavy atom. The maximum Gasteiger partial charge on any atom is 0.171 e. The van der Waals surface area contributed by atoms with E-state index in [2.05, 4.69) is 139 Å². The van der Waals surface area contributed by atoms with Gasteiger partial charge in [0.1, 0.15) is 0 Å². The number of nitrogens with zero attached hydrogens (tertiary/aromatic N) is 5. The molecule has 1 aliphatic carbocycles. The Kier molecular flexibility index (Phi) is 7.06. The Morgan fingerprint density at radius 3 is 1.85 bits per heavy atom. The van der Waals surface area contributed by atoms with Crippen LogP contribution >= 0.6 is 0 Å². The van der Waals surface area contributed by atoms with Crippen LogP contribution in [0.4, 0.5) is 0 Å². The van der Waals surface area contributed by atoms with Crippen molar-refractivity contribution in [3.05, 3.63) is 188 Å². The second kappa shape index (κ2) is 12.5. The van der Waals surface area contributed by atoms with E-state index >= 15 is 0 Å². The molecule has 2 heterocycles. The molecule has 0 saturated carbocycles. The Hall–Kier alpha value is -7.59. The lowest BCUT2D eigenvalue weighted by Gasteiger charge is -2.18. The lowest BCUT2D eigenvalue weighted by atomic mass is 9.89. The largest absolute Gasteiger partial charge is 0.237 e. The van der Waals surface area contributed by atoms with E-state index in [0.29, 0.717) is 23.3 Å². The van der Waals surface area contributed by atoms with E-state index in [0.717, 1.165) is 65.7 Å². The van der Waals surface area contributed by atoms with Gasteiger partial charge in [0.2, 0.25) is 0 Å². The number of hydrogen-bond acceptors (Lipinski definition) is 5. The van der Waals surface area contributed by atoms with E-state index in [-0.39, 0.29) is 0 Å². The van der Waals surface area contributed by atoms with Crippen LogP contribution in [-0.4, -0.2) is 24.9 Å². The van der Waals surface area contributed by atoms with Crippen LogP contribution in [0.25, 0.3) is 105 Å². The van der Waals surface area contributed by atoms with E-state index in [1.807, 2.05) is 30.4 Å². The second-order valence-corrected chi connectivity index (χ2v) is 13.8. The van der Waals surface area contributed by atoms with Gasteiger partial charge < -0.3 is 0 Å². The molecule has 5 nitrogen and oxygen atoms in total. The minimum Gasteiger partial charge on any atom is -0.237 e. The second-order valence-electron chi connectivity index (χ2n) is 13.8. The molecule has 1 aliphatic rings. The van der Waals surface area contributed by atoms with Crippen LogP contribution in [-0.2, 0) is 0 Å². The molecule has 11 rings (SSSR count). The van der Waals surface area contributed by atoms with E-state index < -0.39 is 0 Å². The lowest BCUT2D eigenvalue weighted by molar-refractivity contribution is 1.04. The number of fused-ring (bicyclic) bond motifs is 6. The van der Waals surface area contributed by atoms with Crippen molar-refractivity contribution < 1.29 is 0 Å². The standard InChI is InChI=1S/C50H29N5/c1-2-12-31(13-3-1)35-22-25-41-44(30-35)46(49-51-26-11-27-52-49)40-19-9-8-18-39(40)45(41)50-54-47(32-14-4-5-15-32)53-48(55-50)42-21-10-20-37-38(42)24-23-36-28-33-16-6-7-17-34(33)29-43(36)37/h1-14,16-30H. The van der Waals surface area contributed by atoms with Gasteiger partial charge in [-0.15, -0.1) is 5.73 Å². The molecule has 0 atom stereocenters. The van der Waals surface area contributed by atoms with E-state index in [9.17, 15) is 0 Å². The predicted molar refractivity (Wildman–Crippen MR) is 225 cm³/mol. The van der Waals surface area contributed by atoms with E-state index in [1.54, 1.807) is 12.4 Å². The summed E-state index contributed by atoms with van der Waals surface area (Å²) in [4.78, 5) is 25.3. The Labute approximate surface area is 316 Å². The fourth-order valence-corrected chi connectivity index (χ4v) is 8.07. The quantitative estimate of drug-likeness (QED) is 0.102. The van der Waals surface area contributed by atoms with Crippen LogP contribution in [0.1, 0.15) is 5.82 Å². The number of hydrogen-bond donors (Lipinski definition) is 0. The summed E-state index contributed by atoms with van der Waals surface area (Å²) in [6.45, 7) is 0. The minimum atomic E-state index is 0.572. The minimum absolute atomic E-state index is 0.572. The molecule has 0 N–H and O–H groups in total. The van der Waals surface area contributed by atoms with Crippen molar-refractivity contribution in [2.75, 3.05) is 0 Å². The molecule has 0 amide bonds. The molecule has 0 bridgehead atoms. The topological polar surface area (TPSA) is 64.5 Å². The molecule has 2 aromatic heterocycles. The van der Waals surface area contributed by atoms with E-state index in [4.69, 9.17) is 24.9 Å². The zero-order chi connectivity index (χ0) is 36.3. The maximum absolute atomic E-state index is 5.38. The first-order valence-electron chi connectivity index (χ1n) is 18.3. The van der Waals surface area contributed by atoms with E-state index in [1.165, 1.54) is 21.5 Å². The third-order valence-electron chi connectivity index (χ3n) is 10.6. The van der Waals surface area contributed by atoms with Gasteiger partial charge >= 0.3 is 0 Å². The third-order valence-corrected chi connectivity index (χ3v) is 10.6. The summed E-state index contributed by atoms with van der Waals surface area (Å²) in [5, 5.41) is 11.1. The van der Waals surface area contributed by atoms with Gasteiger partial charge in [-0.3, -0.25) is 0 Å². The average molecular weight is 700 g/mol. The SMILES string of the molecule is C1=CC=CC=1c1nc(-c2c3ccccc3c(-c3ncccn3)c3cc(-c4ccccc4)ccc23)nc(-c2cccc3c2ccc2cc4ccccc4cc23)n1. The van der Waals surface area contributed by atoms with Gasteiger partial charge in [0.25, 0.3) is 0 Å². The zero-order valence-electron chi connectivity index (χ0n) is 29.5. The van der Waals surface area contributed by atoms with Gasteiger partial charge in [-0.2, -0.15) is 0 Å². The molecule has 8 aromatic carbocycles. The molecular weight excluding hydrogens is 671 g/mol. The molecule has 0 saturated heterocycles. The number of allylic oxidation sites excluding steroid dienone is 3. The van der Waals surface area contributed by atoms with Crippen molar-refractivity contribution in [2.45, 2.75) is 0 Å². The Bertz CT molecular complexity index is 3290. The van der Waals surface area contributed by atoms with Crippen molar-refractivity contribution >= 4 is 59.4 Å². The lowest BCUT2D eigenvalue weighted by Crippen LogP contribution is -2.03. The van der Waals surface area contributed by atoms with Gasteiger partial charge in [-0.25, -0.2) is 24.9 Å².